The average molecular weight is 281 g/mol. The van der Waals surface area contributed by atoms with Gasteiger partial charge >= 0.3 is 0 Å². The lowest BCUT2D eigenvalue weighted by Crippen LogP contribution is -2.37. The number of fused-ring (bicyclic) bond motifs is 1. The van der Waals surface area contributed by atoms with Gasteiger partial charge < -0.3 is 10.5 Å². The fourth-order valence-electron chi connectivity index (χ4n) is 3.28. The van der Waals surface area contributed by atoms with Gasteiger partial charge in [0.15, 0.2) is 0 Å². The Balaban J connectivity index is 1.88. The van der Waals surface area contributed by atoms with Crippen LogP contribution in [0.25, 0.3) is 0 Å². The van der Waals surface area contributed by atoms with Crippen molar-refractivity contribution in [2.24, 2.45) is 5.73 Å². The molecule has 3 atom stereocenters. The van der Waals surface area contributed by atoms with E-state index in [1.54, 1.807) is 0 Å². The highest BCUT2D eigenvalue weighted by atomic mass is 16.5. The second kappa shape index (κ2) is 5.90. The quantitative estimate of drug-likeness (QED) is 0.915. The maximum absolute atomic E-state index is 6.47. The summed E-state index contributed by atoms with van der Waals surface area (Å²) in [4.78, 5) is 0. The van der Waals surface area contributed by atoms with Gasteiger partial charge in [-0.15, -0.1) is 0 Å². The minimum atomic E-state index is -0.0534. The Labute approximate surface area is 126 Å². The van der Waals surface area contributed by atoms with Crippen LogP contribution in [0.15, 0.2) is 48.5 Å². The Kier molecular flexibility index (Phi) is 3.98. The minimum Gasteiger partial charge on any atom is -0.488 e. The van der Waals surface area contributed by atoms with Crippen LogP contribution in [0.3, 0.4) is 0 Å². The van der Waals surface area contributed by atoms with E-state index in [4.69, 9.17) is 10.5 Å². The lowest BCUT2D eigenvalue weighted by molar-refractivity contribution is 0.143. The number of ether oxygens (including phenoxy) is 1. The number of benzene rings is 2. The SMILES string of the molecule is CCc1ccccc1OC1CC(C)c2ccccc2C1N. The van der Waals surface area contributed by atoms with E-state index >= 15 is 0 Å². The average Bonchev–Trinajstić information content (AvgIpc) is 2.53. The maximum atomic E-state index is 6.47. The summed E-state index contributed by atoms with van der Waals surface area (Å²) in [6.07, 6.45) is 1.99. The van der Waals surface area contributed by atoms with Crippen molar-refractivity contribution in [3.8, 4) is 5.75 Å². The van der Waals surface area contributed by atoms with Gasteiger partial charge in [-0.25, -0.2) is 0 Å². The third-order valence-corrected chi connectivity index (χ3v) is 4.50. The number of nitrogens with two attached hydrogens (primary N) is 1. The minimum absolute atomic E-state index is 0.0441. The van der Waals surface area contributed by atoms with Gasteiger partial charge in [0.05, 0.1) is 6.04 Å². The van der Waals surface area contributed by atoms with Gasteiger partial charge in [0, 0.05) is 0 Å². The third kappa shape index (κ3) is 2.68. The zero-order valence-corrected chi connectivity index (χ0v) is 12.8. The van der Waals surface area contributed by atoms with Gasteiger partial charge in [0.25, 0.3) is 0 Å². The molecule has 1 aliphatic carbocycles. The van der Waals surface area contributed by atoms with Gasteiger partial charge in [-0.1, -0.05) is 56.3 Å². The highest BCUT2D eigenvalue weighted by Gasteiger charge is 2.32. The zero-order chi connectivity index (χ0) is 14.8. The smallest absolute Gasteiger partial charge is 0.123 e. The van der Waals surface area contributed by atoms with Crippen molar-refractivity contribution in [3.05, 3.63) is 65.2 Å². The molecule has 0 saturated heterocycles. The molecule has 2 aromatic carbocycles. The molecule has 3 rings (SSSR count). The molecular formula is C19H23NO. The summed E-state index contributed by atoms with van der Waals surface area (Å²) in [5, 5.41) is 0. The molecule has 0 saturated carbocycles. The van der Waals surface area contributed by atoms with E-state index in [1.807, 2.05) is 6.07 Å². The summed E-state index contributed by atoms with van der Waals surface area (Å²) in [7, 11) is 0. The van der Waals surface area contributed by atoms with E-state index in [0.29, 0.717) is 5.92 Å². The molecular weight excluding hydrogens is 258 g/mol. The van der Waals surface area contributed by atoms with Crippen LogP contribution in [0, 0.1) is 0 Å². The van der Waals surface area contributed by atoms with Crippen molar-refractivity contribution in [1.82, 2.24) is 0 Å². The number of hydrogen-bond donors (Lipinski definition) is 1. The van der Waals surface area contributed by atoms with Crippen LogP contribution in [-0.2, 0) is 6.42 Å². The van der Waals surface area contributed by atoms with Crippen LogP contribution in [0.2, 0.25) is 0 Å². The summed E-state index contributed by atoms with van der Waals surface area (Å²) >= 11 is 0. The van der Waals surface area contributed by atoms with Gasteiger partial charge in [-0.2, -0.15) is 0 Å². The second-order valence-corrected chi connectivity index (χ2v) is 5.91. The van der Waals surface area contributed by atoms with Crippen molar-refractivity contribution >= 4 is 0 Å². The Bertz CT molecular complexity index is 622. The lowest BCUT2D eigenvalue weighted by Gasteiger charge is -2.35. The van der Waals surface area contributed by atoms with E-state index < -0.39 is 0 Å². The normalized spacial score (nSPS) is 24.4. The molecule has 0 aliphatic heterocycles. The van der Waals surface area contributed by atoms with Gasteiger partial charge in [-0.3, -0.25) is 0 Å². The topological polar surface area (TPSA) is 35.2 Å². The van der Waals surface area contributed by atoms with Crippen molar-refractivity contribution in [2.75, 3.05) is 0 Å². The monoisotopic (exact) mass is 281 g/mol. The molecule has 0 heterocycles. The molecule has 0 fully saturated rings. The molecule has 2 aromatic rings. The van der Waals surface area contributed by atoms with Crippen molar-refractivity contribution in [3.63, 3.8) is 0 Å². The molecule has 0 spiro atoms. The van der Waals surface area contributed by atoms with Crippen LogP contribution in [0.5, 0.6) is 5.75 Å². The fraction of sp³-hybridized carbons (Fsp3) is 0.368. The molecule has 0 aromatic heterocycles. The van der Waals surface area contributed by atoms with Crippen LogP contribution in [-0.4, -0.2) is 6.10 Å². The van der Waals surface area contributed by atoms with E-state index in [1.165, 1.54) is 16.7 Å². The third-order valence-electron chi connectivity index (χ3n) is 4.50. The molecule has 3 unspecified atom stereocenters. The number of rotatable bonds is 3. The van der Waals surface area contributed by atoms with E-state index in [-0.39, 0.29) is 12.1 Å². The molecule has 0 amide bonds. The lowest BCUT2D eigenvalue weighted by atomic mass is 9.79. The second-order valence-electron chi connectivity index (χ2n) is 5.91. The first-order valence-corrected chi connectivity index (χ1v) is 7.79. The molecule has 1 aliphatic rings. The number of aryl methyl sites for hydroxylation is 1. The number of hydrogen-bond acceptors (Lipinski definition) is 2. The van der Waals surface area contributed by atoms with Gasteiger partial charge in [0.2, 0.25) is 0 Å². The standard InChI is InChI=1S/C19H23NO/c1-3-14-8-4-7-11-17(14)21-18-12-13(2)15-9-5-6-10-16(15)19(18)20/h4-11,13,18-19H,3,12,20H2,1-2H3. The summed E-state index contributed by atoms with van der Waals surface area (Å²) in [5.41, 5.74) is 10.3. The Morgan fingerprint density at radius 3 is 2.48 bits per heavy atom. The van der Waals surface area contributed by atoms with Gasteiger partial charge in [0.1, 0.15) is 11.9 Å². The van der Waals surface area contributed by atoms with Crippen LogP contribution in [0.4, 0.5) is 0 Å². The Hall–Kier alpha value is -1.80. The summed E-state index contributed by atoms with van der Waals surface area (Å²) < 4.78 is 6.29. The summed E-state index contributed by atoms with van der Waals surface area (Å²) in [6, 6.07) is 16.7. The first-order chi connectivity index (χ1) is 10.2. The highest BCUT2D eigenvalue weighted by molar-refractivity contribution is 5.38. The van der Waals surface area contributed by atoms with E-state index in [9.17, 15) is 0 Å². The summed E-state index contributed by atoms with van der Waals surface area (Å²) in [6.45, 7) is 4.41. The predicted molar refractivity (Wildman–Crippen MR) is 86.6 cm³/mol. The molecule has 110 valence electrons. The van der Waals surface area contributed by atoms with Crippen molar-refractivity contribution in [2.45, 2.75) is 44.8 Å². The predicted octanol–water partition coefficient (Wildman–Crippen LogP) is 4.20. The molecule has 21 heavy (non-hydrogen) atoms. The van der Waals surface area contributed by atoms with Crippen LogP contribution >= 0.6 is 0 Å². The molecule has 2 N–H and O–H groups in total. The summed E-state index contributed by atoms with van der Waals surface area (Å²) in [5.74, 6) is 1.46. The van der Waals surface area contributed by atoms with E-state index in [2.05, 4.69) is 56.3 Å². The molecule has 0 bridgehead atoms. The first kappa shape index (κ1) is 14.2. The highest BCUT2D eigenvalue weighted by Crippen LogP contribution is 2.38. The largest absolute Gasteiger partial charge is 0.488 e. The molecule has 2 nitrogen and oxygen atoms in total. The zero-order valence-electron chi connectivity index (χ0n) is 12.8. The van der Waals surface area contributed by atoms with Gasteiger partial charge in [-0.05, 0) is 41.5 Å². The molecule has 0 radical (unpaired) electrons. The van der Waals surface area contributed by atoms with Crippen LogP contribution in [0.1, 0.15) is 48.9 Å². The van der Waals surface area contributed by atoms with Crippen LogP contribution < -0.4 is 10.5 Å². The Morgan fingerprint density at radius 2 is 1.71 bits per heavy atom. The maximum Gasteiger partial charge on any atom is 0.123 e. The Morgan fingerprint density at radius 1 is 1.05 bits per heavy atom. The van der Waals surface area contributed by atoms with E-state index in [0.717, 1.165) is 18.6 Å². The van der Waals surface area contributed by atoms with Crippen molar-refractivity contribution < 1.29 is 4.74 Å². The fourth-order valence-corrected chi connectivity index (χ4v) is 3.28. The number of para-hydroxylation sites is 1. The van der Waals surface area contributed by atoms with Crippen molar-refractivity contribution in [1.29, 1.82) is 0 Å². The first-order valence-electron chi connectivity index (χ1n) is 7.79. The molecule has 2 heteroatoms.